The molecular weight excluding hydrogens is 280 g/mol. The van der Waals surface area contributed by atoms with E-state index in [0.717, 1.165) is 11.8 Å². The van der Waals surface area contributed by atoms with E-state index < -0.39 is 0 Å². The number of hydrogen-bond donors (Lipinski definition) is 0. The Balaban J connectivity index is 0.000000595. The Hall–Kier alpha value is -0.860. The molecule has 130 valence electrons. The van der Waals surface area contributed by atoms with Crippen molar-refractivity contribution >= 4 is 0 Å². The number of benzene rings is 1. The molecule has 0 spiro atoms. The van der Waals surface area contributed by atoms with E-state index in [-0.39, 0.29) is 0 Å². The zero-order chi connectivity index (χ0) is 16.5. The van der Waals surface area contributed by atoms with Gasteiger partial charge in [-0.3, -0.25) is 0 Å². The van der Waals surface area contributed by atoms with Crippen molar-refractivity contribution in [3.63, 3.8) is 0 Å². The van der Waals surface area contributed by atoms with Crippen molar-refractivity contribution in [2.24, 2.45) is 5.92 Å². The predicted octanol–water partition coefficient (Wildman–Crippen LogP) is 4.62. The maximum Gasteiger partial charge on any atom is 0.00106 e. The third-order valence-electron chi connectivity index (χ3n) is 5.21. The molecule has 2 heteroatoms. The largest absolute Gasteiger partial charge is 0.306 e. The highest BCUT2D eigenvalue weighted by atomic mass is 15.1. The van der Waals surface area contributed by atoms with Gasteiger partial charge in [0.15, 0.2) is 0 Å². The molecule has 1 aromatic rings. The van der Waals surface area contributed by atoms with E-state index in [1.165, 1.54) is 64.8 Å². The first kappa shape index (κ1) is 18.5. The van der Waals surface area contributed by atoms with Gasteiger partial charge in [0.05, 0.1) is 0 Å². The highest BCUT2D eigenvalue weighted by Gasteiger charge is 2.24. The molecule has 3 rings (SSSR count). The second kappa shape index (κ2) is 10.1. The quantitative estimate of drug-likeness (QED) is 0.802. The fourth-order valence-corrected chi connectivity index (χ4v) is 3.78. The number of hydrogen-bond acceptors (Lipinski definition) is 2. The van der Waals surface area contributed by atoms with Crippen molar-refractivity contribution in [1.29, 1.82) is 0 Å². The van der Waals surface area contributed by atoms with Crippen LogP contribution in [-0.2, 0) is 0 Å². The molecule has 1 aromatic carbocycles. The molecule has 2 fully saturated rings. The lowest BCUT2D eigenvalue weighted by molar-refractivity contribution is 0.139. The SMILES string of the molecule is CCC.CN1CCC(CN2CCC(c3ccccc3)CC2)CC1. The van der Waals surface area contributed by atoms with Gasteiger partial charge >= 0.3 is 0 Å². The van der Waals surface area contributed by atoms with Gasteiger partial charge in [0.2, 0.25) is 0 Å². The standard InChI is InChI=1S/C18H28N2.C3H8/c1-19-11-7-16(8-12-19)15-20-13-9-18(10-14-20)17-5-3-2-4-6-17;1-3-2/h2-6,16,18H,7-15H2,1H3;3H2,1-2H3. The molecule has 0 atom stereocenters. The fourth-order valence-electron chi connectivity index (χ4n) is 3.78. The molecule has 0 aromatic heterocycles. The van der Waals surface area contributed by atoms with E-state index in [4.69, 9.17) is 0 Å². The predicted molar refractivity (Wildman–Crippen MR) is 101 cm³/mol. The number of likely N-dealkylation sites (tertiary alicyclic amines) is 2. The van der Waals surface area contributed by atoms with Gasteiger partial charge < -0.3 is 9.80 Å². The minimum absolute atomic E-state index is 0.796. The topological polar surface area (TPSA) is 6.48 Å². The zero-order valence-electron chi connectivity index (χ0n) is 15.5. The third kappa shape index (κ3) is 6.27. The summed E-state index contributed by atoms with van der Waals surface area (Å²) in [6.45, 7) is 10.8. The van der Waals surface area contributed by atoms with Gasteiger partial charge in [-0.25, -0.2) is 0 Å². The van der Waals surface area contributed by atoms with E-state index in [0.29, 0.717) is 0 Å². The second-order valence-electron chi connectivity index (χ2n) is 7.44. The molecule has 0 radical (unpaired) electrons. The zero-order valence-corrected chi connectivity index (χ0v) is 15.5. The molecule has 2 aliphatic heterocycles. The highest BCUT2D eigenvalue weighted by Crippen LogP contribution is 2.29. The first-order valence-electron chi connectivity index (χ1n) is 9.68. The van der Waals surface area contributed by atoms with Crippen LogP contribution < -0.4 is 0 Å². The van der Waals surface area contributed by atoms with Gasteiger partial charge in [-0.1, -0.05) is 50.6 Å². The molecule has 0 unspecified atom stereocenters. The van der Waals surface area contributed by atoms with Crippen LogP contribution in [-0.4, -0.2) is 49.6 Å². The van der Waals surface area contributed by atoms with Crippen LogP contribution in [0.15, 0.2) is 30.3 Å². The van der Waals surface area contributed by atoms with Gasteiger partial charge in [-0.2, -0.15) is 0 Å². The maximum absolute atomic E-state index is 2.72. The van der Waals surface area contributed by atoms with Crippen LogP contribution in [0.2, 0.25) is 0 Å². The van der Waals surface area contributed by atoms with Crippen LogP contribution in [0.5, 0.6) is 0 Å². The Morgan fingerprint density at radius 3 is 2.00 bits per heavy atom. The van der Waals surface area contributed by atoms with Gasteiger partial charge in [0, 0.05) is 6.54 Å². The van der Waals surface area contributed by atoms with Crippen LogP contribution in [0.4, 0.5) is 0 Å². The first-order chi connectivity index (χ1) is 11.2. The van der Waals surface area contributed by atoms with Crippen molar-refractivity contribution in [2.45, 2.75) is 51.9 Å². The van der Waals surface area contributed by atoms with E-state index in [9.17, 15) is 0 Å². The van der Waals surface area contributed by atoms with Crippen LogP contribution >= 0.6 is 0 Å². The number of rotatable bonds is 3. The van der Waals surface area contributed by atoms with E-state index in [1.54, 1.807) is 5.56 Å². The molecule has 0 amide bonds. The van der Waals surface area contributed by atoms with Crippen molar-refractivity contribution in [1.82, 2.24) is 9.80 Å². The normalized spacial score (nSPS) is 21.7. The Bertz CT molecular complexity index is 401. The lowest BCUT2D eigenvalue weighted by Gasteiger charge is -2.37. The smallest absolute Gasteiger partial charge is 0.00106 e. The second-order valence-corrected chi connectivity index (χ2v) is 7.44. The lowest BCUT2D eigenvalue weighted by atomic mass is 9.88. The minimum atomic E-state index is 0.796. The average Bonchev–Trinajstić information content (AvgIpc) is 2.59. The maximum atomic E-state index is 2.72. The summed E-state index contributed by atoms with van der Waals surface area (Å²) < 4.78 is 0. The van der Waals surface area contributed by atoms with Gasteiger partial charge in [-0.15, -0.1) is 0 Å². The molecule has 0 aliphatic carbocycles. The molecule has 0 bridgehead atoms. The molecule has 2 heterocycles. The summed E-state index contributed by atoms with van der Waals surface area (Å²) in [5.74, 6) is 1.74. The van der Waals surface area contributed by atoms with Crippen LogP contribution in [0.3, 0.4) is 0 Å². The van der Waals surface area contributed by atoms with E-state index in [1.807, 2.05) is 0 Å². The molecule has 23 heavy (non-hydrogen) atoms. The Kier molecular flexibility index (Phi) is 8.11. The molecule has 0 saturated carbocycles. The Morgan fingerprint density at radius 1 is 0.870 bits per heavy atom. The molecule has 2 nitrogen and oxygen atoms in total. The summed E-state index contributed by atoms with van der Waals surface area (Å²) in [4.78, 5) is 5.19. The number of piperidine rings is 2. The molecule has 0 N–H and O–H groups in total. The average molecular weight is 317 g/mol. The summed E-state index contributed by atoms with van der Waals surface area (Å²) in [7, 11) is 2.25. The van der Waals surface area contributed by atoms with Crippen LogP contribution in [0, 0.1) is 5.92 Å². The van der Waals surface area contributed by atoms with Crippen LogP contribution in [0.25, 0.3) is 0 Å². The van der Waals surface area contributed by atoms with E-state index >= 15 is 0 Å². The monoisotopic (exact) mass is 316 g/mol. The Labute approximate surface area is 143 Å². The summed E-state index contributed by atoms with van der Waals surface area (Å²) in [5.41, 5.74) is 1.55. The van der Waals surface area contributed by atoms with Gasteiger partial charge in [0.1, 0.15) is 0 Å². The number of nitrogens with zero attached hydrogens (tertiary/aromatic N) is 2. The lowest BCUT2D eigenvalue weighted by Crippen LogP contribution is -2.40. The summed E-state index contributed by atoms with van der Waals surface area (Å²) in [6, 6.07) is 11.1. The summed E-state index contributed by atoms with van der Waals surface area (Å²) >= 11 is 0. The minimum Gasteiger partial charge on any atom is -0.306 e. The molecule has 2 saturated heterocycles. The molecular formula is C21H36N2. The highest BCUT2D eigenvalue weighted by molar-refractivity contribution is 5.20. The van der Waals surface area contributed by atoms with Crippen molar-refractivity contribution in [3.8, 4) is 0 Å². The van der Waals surface area contributed by atoms with Crippen molar-refractivity contribution < 1.29 is 0 Å². The van der Waals surface area contributed by atoms with Crippen molar-refractivity contribution in [3.05, 3.63) is 35.9 Å². The van der Waals surface area contributed by atoms with Gasteiger partial charge in [-0.05, 0) is 76.3 Å². The van der Waals surface area contributed by atoms with Crippen molar-refractivity contribution in [2.75, 3.05) is 39.8 Å². The fraction of sp³-hybridized carbons (Fsp3) is 0.714. The van der Waals surface area contributed by atoms with Gasteiger partial charge in [0.25, 0.3) is 0 Å². The first-order valence-corrected chi connectivity index (χ1v) is 9.68. The third-order valence-corrected chi connectivity index (χ3v) is 5.21. The Morgan fingerprint density at radius 2 is 1.43 bits per heavy atom. The summed E-state index contributed by atoms with van der Waals surface area (Å²) in [6.07, 6.45) is 6.73. The molecule has 2 aliphatic rings. The van der Waals surface area contributed by atoms with Crippen LogP contribution in [0.1, 0.15) is 57.4 Å². The van der Waals surface area contributed by atoms with E-state index in [2.05, 4.69) is 61.0 Å². The summed E-state index contributed by atoms with van der Waals surface area (Å²) in [5, 5.41) is 0.